The van der Waals surface area contributed by atoms with Gasteiger partial charge in [0.25, 0.3) is 0 Å². The van der Waals surface area contributed by atoms with Gasteiger partial charge in [0.2, 0.25) is 5.91 Å². The van der Waals surface area contributed by atoms with Gasteiger partial charge in [-0.3, -0.25) is 4.79 Å². The summed E-state index contributed by atoms with van der Waals surface area (Å²) in [5.41, 5.74) is 6.61. The molecule has 1 rings (SSSR count). The van der Waals surface area contributed by atoms with Crippen LogP contribution in [0.15, 0.2) is 18.3 Å². The van der Waals surface area contributed by atoms with Crippen molar-refractivity contribution in [3.63, 3.8) is 0 Å². The molecule has 16 heavy (non-hydrogen) atoms. The predicted octanol–water partition coefficient (Wildman–Crippen LogP) is 1.49. The van der Waals surface area contributed by atoms with Crippen LogP contribution in [0.2, 0.25) is 0 Å². The zero-order valence-corrected chi connectivity index (χ0v) is 10.3. The van der Waals surface area contributed by atoms with E-state index in [-0.39, 0.29) is 11.4 Å². The van der Waals surface area contributed by atoms with Crippen LogP contribution in [-0.2, 0) is 11.3 Å². The van der Waals surface area contributed by atoms with E-state index < -0.39 is 0 Å². The predicted molar refractivity (Wildman–Crippen MR) is 64.8 cm³/mol. The molecule has 1 heterocycles. The first-order chi connectivity index (χ1) is 7.38. The van der Waals surface area contributed by atoms with E-state index >= 15 is 0 Å². The normalized spacial score (nSPS) is 11.5. The lowest BCUT2D eigenvalue weighted by atomic mass is 10.00. The SMILES string of the molecule is CN(Cc1ccc[nH]1)C(=O)CCC(C)(C)N. The van der Waals surface area contributed by atoms with Gasteiger partial charge in [-0.1, -0.05) is 0 Å². The molecule has 0 fully saturated rings. The molecular formula is C12H21N3O. The number of hydrogen-bond acceptors (Lipinski definition) is 2. The van der Waals surface area contributed by atoms with Gasteiger partial charge < -0.3 is 15.6 Å². The third kappa shape index (κ3) is 4.49. The first-order valence-electron chi connectivity index (χ1n) is 5.53. The summed E-state index contributed by atoms with van der Waals surface area (Å²) in [5, 5.41) is 0. The number of nitrogens with two attached hydrogens (primary N) is 1. The highest BCUT2D eigenvalue weighted by Crippen LogP contribution is 2.09. The Hall–Kier alpha value is -1.29. The lowest BCUT2D eigenvalue weighted by Gasteiger charge is -2.21. The Balaban J connectivity index is 2.37. The monoisotopic (exact) mass is 223 g/mol. The summed E-state index contributed by atoms with van der Waals surface area (Å²) in [5.74, 6) is 0.133. The van der Waals surface area contributed by atoms with Gasteiger partial charge >= 0.3 is 0 Å². The van der Waals surface area contributed by atoms with E-state index in [9.17, 15) is 4.79 Å². The van der Waals surface area contributed by atoms with Crippen molar-refractivity contribution >= 4 is 5.91 Å². The molecule has 4 heteroatoms. The molecule has 0 saturated heterocycles. The van der Waals surface area contributed by atoms with E-state index in [2.05, 4.69) is 4.98 Å². The fraction of sp³-hybridized carbons (Fsp3) is 0.583. The van der Waals surface area contributed by atoms with Crippen molar-refractivity contribution in [2.75, 3.05) is 7.05 Å². The molecule has 0 aliphatic carbocycles. The molecule has 0 bridgehead atoms. The largest absolute Gasteiger partial charge is 0.364 e. The van der Waals surface area contributed by atoms with Crippen LogP contribution < -0.4 is 5.73 Å². The zero-order valence-electron chi connectivity index (χ0n) is 10.3. The molecule has 0 radical (unpaired) electrons. The summed E-state index contributed by atoms with van der Waals surface area (Å²) in [4.78, 5) is 16.6. The average Bonchev–Trinajstić information content (AvgIpc) is 2.65. The second-order valence-corrected chi connectivity index (χ2v) is 4.93. The van der Waals surface area contributed by atoms with Crippen molar-refractivity contribution in [3.8, 4) is 0 Å². The van der Waals surface area contributed by atoms with Crippen molar-refractivity contribution in [1.82, 2.24) is 9.88 Å². The third-order valence-corrected chi connectivity index (χ3v) is 2.48. The Morgan fingerprint density at radius 1 is 1.56 bits per heavy atom. The molecule has 0 saturated carbocycles. The highest BCUT2D eigenvalue weighted by Gasteiger charge is 2.15. The van der Waals surface area contributed by atoms with Gasteiger partial charge in [-0.25, -0.2) is 0 Å². The van der Waals surface area contributed by atoms with E-state index in [0.717, 1.165) is 5.69 Å². The van der Waals surface area contributed by atoms with Crippen molar-refractivity contribution in [2.24, 2.45) is 5.73 Å². The number of hydrogen-bond donors (Lipinski definition) is 2. The van der Waals surface area contributed by atoms with Crippen LogP contribution in [-0.4, -0.2) is 28.4 Å². The smallest absolute Gasteiger partial charge is 0.222 e. The maximum Gasteiger partial charge on any atom is 0.222 e. The Morgan fingerprint density at radius 3 is 2.75 bits per heavy atom. The number of aromatic nitrogens is 1. The summed E-state index contributed by atoms with van der Waals surface area (Å²) in [6.07, 6.45) is 3.07. The number of H-pyrrole nitrogens is 1. The Labute approximate surface area is 96.8 Å². The van der Waals surface area contributed by atoms with Crippen LogP contribution in [0.5, 0.6) is 0 Å². The lowest BCUT2D eigenvalue weighted by Crippen LogP contribution is -2.34. The summed E-state index contributed by atoms with van der Waals surface area (Å²) in [6.45, 7) is 4.49. The van der Waals surface area contributed by atoms with E-state index in [4.69, 9.17) is 5.73 Å². The van der Waals surface area contributed by atoms with Crippen LogP contribution >= 0.6 is 0 Å². The fourth-order valence-electron chi connectivity index (χ4n) is 1.43. The van der Waals surface area contributed by atoms with Gasteiger partial charge in [-0.15, -0.1) is 0 Å². The van der Waals surface area contributed by atoms with E-state index in [1.54, 1.807) is 4.90 Å². The maximum absolute atomic E-state index is 11.8. The number of nitrogens with one attached hydrogen (secondary N) is 1. The zero-order chi connectivity index (χ0) is 12.2. The minimum atomic E-state index is -0.275. The quantitative estimate of drug-likeness (QED) is 0.794. The molecule has 0 atom stereocenters. The second-order valence-electron chi connectivity index (χ2n) is 4.93. The Kier molecular flexibility index (Phi) is 4.12. The minimum Gasteiger partial charge on any atom is -0.364 e. The maximum atomic E-state index is 11.8. The number of carbonyl (C=O) groups excluding carboxylic acids is 1. The number of nitrogens with zero attached hydrogens (tertiary/aromatic N) is 1. The van der Waals surface area contributed by atoms with Gasteiger partial charge in [0, 0.05) is 30.9 Å². The highest BCUT2D eigenvalue weighted by molar-refractivity contribution is 5.75. The summed E-state index contributed by atoms with van der Waals surface area (Å²) in [7, 11) is 1.81. The number of carbonyl (C=O) groups is 1. The van der Waals surface area contributed by atoms with Crippen molar-refractivity contribution in [2.45, 2.75) is 38.8 Å². The van der Waals surface area contributed by atoms with Gasteiger partial charge in [0.1, 0.15) is 0 Å². The first-order valence-corrected chi connectivity index (χ1v) is 5.53. The average molecular weight is 223 g/mol. The van der Waals surface area contributed by atoms with Gasteiger partial charge in [-0.2, -0.15) is 0 Å². The van der Waals surface area contributed by atoms with E-state index in [1.807, 2.05) is 39.2 Å². The molecule has 4 nitrogen and oxygen atoms in total. The highest BCUT2D eigenvalue weighted by atomic mass is 16.2. The fourth-order valence-corrected chi connectivity index (χ4v) is 1.43. The molecule has 90 valence electrons. The first kappa shape index (κ1) is 12.8. The molecular weight excluding hydrogens is 202 g/mol. The molecule has 3 N–H and O–H groups in total. The third-order valence-electron chi connectivity index (χ3n) is 2.48. The van der Waals surface area contributed by atoms with Gasteiger partial charge in [0.05, 0.1) is 6.54 Å². The standard InChI is InChI=1S/C12H21N3O/c1-12(2,13)7-6-11(16)15(3)9-10-5-4-8-14-10/h4-5,8,14H,6-7,9,13H2,1-3H3. The molecule has 1 aromatic rings. The van der Waals surface area contributed by atoms with Crippen molar-refractivity contribution in [3.05, 3.63) is 24.0 Å². The van der Waals surface area contributed by atoms with Crippen LogP contribution in [0.3, 0.4) is 0 Å². The number of amides is 1. The minimum absolute atomic E-state index is 0.133. The topological polar surface area (TPSA) is 62.1 Å². The number of aromatic amines is 1. The molecule has 0 unspecified atom stereocenters. The van der Waals surface area contributed by atoms with Crippen LogP contribution in [0.4, 0.5) is 0 Å². The van der Waals surface area contributed by atoms with Crippen LogP contribution in [0.1, 0.15) is 32.4 Å². The van der Waals surface area contributed by atoms with Gasteiger partial charge in [-0.05, 0) is 32.4 Å². The van der Waals surface area contributed by atoms with Crippen molar-refractivity contribution in [1.29, 1.82) is 0 Å². The van der Waals surface area contributed by atoms with Crippen molar-refractivity contribution < 1.29 is 4.79 Å². The van der Waals surface area contributed by atoms with E-state index in [1.165, 1.54) is 0 Å². The summed E-state index contributed by atoms with van der Waals surface area (Å²) >= 11 is 0. The molecule has 1 aromatic heterocycles. The molecule has 0 aliphatic heterocycles. The summed E-state index contributed by atoms with van der Waals surface area (Å²) < 4.78 is 0. The van der Waals surface area contributed by atoms with Crippen LogP contribution in [0, 0.1) is 0 Å². The van der Waals surface area contributed by atoms with E-state index in [0.29, 0.717) is 19.4 Å². The Bertz CT molecular complexity index is 325. The summed E-state index contributed by atoms with van der Waals surface area (Å²) in [6, 6.07) is 3.90. The second kappa shape index (κ2) is 5.16. The van der Waals surface area contributed by atoms with Crippen LogP contribution in [0.25, 0.3) is 0 Å². The van der Waals surface area contributed by atoms with Gasteiger partial charge in [0.15, 0.2) is 0 Å². The lowest BCUT2D eigenvalue weighted by molar-refractivity contribution is -0.130. The Morgan fingerprint density at radius 2 is 2.25 bits per heavy atom. The molecule has 0 aliphatic rings. The molecule has 1 amide bonds. The molecule has 0 spiro atoms. The molecule has 0 aromatic carbocycles. The number of rotatable bonds is 5.